The van der Waals surface area contributed by atoms with Crippen LogP contribution in [0.1, 0.15) is 71.1 Å². The normalized spacial score (nSPS) is 35.5. The van der Waals surface area contributed by atoms with Crippen LogP contribution in [0, 0.1) is 11.8 Å². The lowest BCUT2D eigenvalue weighted by molar-refractivity contribution is -0.968. The first-order valence-electron chi connectivity index (χ1n) is 13.2. The number of nitrogens with one attached hydrogen (secondary N) is 1. The first-order valence-corrected chi connectivity index (χ1v) is 13.2. The molecule has 2 N–H and O–H groups in total. The molecule has 1 aromatic carbocycles. The van der Waals surface area contributed by atoms with Crippen molar-refractivity contribution in [3.8, 4) is 0 Å². The van der Waals surface area contributed by atoms with E-state index in [2.05, 4.69) is 5.32 Å². The summed E-state index contributed by atoms with van der Waals surface area (Å²) < 4.78 is 1.33. The van der Waals surface area contributed by atoms with Crippen molar-refractivity contribution >= 4 is 23.3 Å². The highest BCUT2D eigenvalue weighted by atomic mass is 16.4. The summed E-state index contributed by atoms with van der Waals surface area (Å²) >= 11 is 0. The molecule has 180 valence electrons. The van der Waals surface area contributed by atoms with Gasteiger partial charge in [0.15, 0.2) is 0 Å². The Morgan fingerprint density at radius 3 is 2.45 bits per heavy atom. The molecule has 2 saturated heterocycles. The Morgan fingerprint density at radius 1 is 0.970 bits per heavy atom. The minimum atomic E-state index is -0.901. The molecule has 5 rings (SSSR count). The Bertz CT molecular complexity index is 877. The predicted molar refractivity (Wildman–Crippen MR) is 130 cm³/mol. The van der Waals surface area contributed by atoms with E-state index >= 15 is 0 Å². The van der Waals surface area contributed by atoms with Crippen molar-refractivity contribution in [1.82, 2.24) is 0 Å². The number of carboxylic acid groups (broad SMARTS) is 1. The third kappa shape index (κ3) is 4.39. The van der Waals surface area contributed by atoms with Crippen LogP contribution in [0.25, 0.3) is 0 Å². The highest BCUT2D eigenvalue weighted by molar-refractivity contribution is 5.96. The molecular weight excluding hydrogens is 414 g/mol. The average Bonchev–Trinajstić information content (AvgIpc) is 3.22. The number of hydrogen-bond acceptors (Lipinski definition) is 3. The van der Waals surface area contributed by atoms with E-state index in [0.717, 1.165) is 42.1 Å². The number of anilines is 2. The smallest absolute Gasteiger partial charge is 0.322 e. The van der Waals surface area contributed by atoms with Crippen LogP contribution >= 0.6 is 0 Å². The minimum Gasteiger partial charge on any atom is -0.480 e. The highest BCUT2D eigenvalue weighted by Gasteiger charge is 2.53. The highest BCUT2D eigenvalue weighted by Crippen LogP contribution is 2.49. The fraction of sp³-hybridized carbons (Fsp3) is 0.704. The third-order valence-electron chi connectivity index (χ3n) is 9.39. The molecule has 0 aromatic heterocycles. The Morgan fingerprint density at radius 2 is 1.73 bits per heavy atom. The molecule has 3 unspecified atom stereocenters. The summed E-state index contributed by atoms with van der Waals surface area (Å²) in [6, 6.07) is 9.36. The van der Waals surface area contributed by atoms with E-state index in [1.54, 1.807) is 6.92 Å². The van der Waals surface area contributed by atoms with E-state index in [0.29, 0.717) is 6.04 Å². The van der Waals surface area contributed by atoms with Gasteiger partial charge in [-0.1, -0.05) is 31.4 Å². The zero-order valence-corrected chi connectivity index (χ0v) is 20.0. The van der Waals surface area contributed by atoms with E-state index in [-0.39, 0.29) is 18.5 Å². The largest absolute Gasteiger partial charge is 0.480 e. The predicted octanol–water partition coefficient (Wildman–Crippen LogP) is 4.65. The van der Waals surface area contributed by atoms with Gasteiger partial charge < -0.3 is 19.8 Å². The molecule has 6 nitrogen and oxygen atoms in total. The van der Waals surface area contributed by atoms with Crippen LogP contribution in [0.15, 0.2) is 24.3 Å². The molecular formula is C27H40N3O3+. The van der Waals surface area contributed by atoms with E-state index in [4.69, 9.17) is 5.11 Å². The van der Waals surface area contributed by atoms with Crippen molar-refractivity contribution < 1.29 is 19.2 Å². The van der Waals surface area contributed by atoms with Crippen LogP contribution in [0.2, 0.25) is 0 Å². The Hall–Kier alpha value is -2.08. The number of hydrogen-bond donors (Lipinski definition) is 2. The lowest BCUT2D eigenvalue weighted by Crippen LogP contribution is -2.65. The number of rotatable bonds is 6. The molecule has 2 saturated carbocycles. The molecule has 0 radical (unpaired) electrons. The molecule has 2 aliphatic carbocycles. The van der Waals surface area contributed by atoms with Crippen LogP contribution in [0.3, 0.4) is 0 Å². The second kappa shape index (κ2) is 9.28. The maximum absolute atomic E-state index is 12.9. The van der Waals surface area contributed by atoms with Crippen LogP contribution in [-0.2, 0) is 9.59 Å². The van der Waals surface area contributed by atoms with Gasteiger partial charge in [0.05, 0.1) is 36.5 Å². The molecule has 4 fully saturated rings. The standard InChI is InChI=1S/C27H39N3O3/c1-19(31)29(26-10-3-2-9-25(26)28-18-27(32)33)22-11-13-30(12-5-8-23(30)17-22)24-15-20-6-4-7-21(14-20)16-24/h2-3,9-10,20-24,28H,4-8,11-18H2,1H3/p+1/t20?,21?,22-,23-,24?,30?/m0/s1. The number of quaternary nitrogens is 1. The molecule has 2 heterocycles. The Balaban J connectivity index is 1.36. The number of nitrogens with zero attached hydrogens (tertiary/aromatic N) is 2. The summed E-state index contributed by atoms with van der Waals surface area (Å²) in [5.41, 5.74) is 1.55. The van der Waals surface area contributed by atoms with Crippen LogP contribution in [-0.4, -0.2) is 59.2 Å². The summed E-state index contributed by atoms with van der Waals surface area (Å²) in [5.74, 6) is 1.06. The monoisotopic (exact) mass is 454 g/mol. The van der Waals surface area contributed by atoms with Gasteiger partial charge in [-0.3, -0.25) is 9.59 Å². The van der Waals surface area contributed by atoms with Crippen molar-refractivity contribution in [2.75, 3.05) is 29.9 Å². The van der Waals surface area contributed by atoms with Gasteiger partial charge in [0.25, 0.3) is 0 Å². The number of benzene rings is 1. The molecule has 5 atom stereocenters. The van der Waals surface area contributed by atoms with Crippen molar-refractivity contribution in [3.63, 3.8) is 0 Å². The molecule has 2 aliphatic heterocycles. The average molecular weight is 455 g/mol. The summed E-state index contributed by atoms with van der Waals surface area (Å²) in [5, 5.41) is 12.1. The first-order chi connectivity index (χ1) is 16.0. The second-order valence-corrected chi connectivity index (χ2v) is 11.2. The quantitative estimate of drug-likeness (QED) is 0.614. The van der Waals surface area contributed by atoms with Gasteiger partial charge >= 0.3 is 5.97 Å². The Labute approximate surface area is 197 Å². The van der Waals surface area contributed by atoms with Gasteiger partial charge in [-0.25, -0.2) is 0 Å². The van der Waals surface area contributed by atoms with E-state index in [9.17, 15) is 9.59 Å². The molecule has 33 heavy (non-hydrogen) atoms. The maximum atomic E-state index is 12.9. The van der Waals surface area contributed by atoms with Crippen LogP contribution in [0.4, 0.5) is 11.4 Å². The number of amides is 1. The van der Waals surface area contributed by atoms with Gasteiger partial charge in [0.2, 0.25) is 5.91 Å². The lowest BCUT2D eigenvalue weighted by atomic mass is 9.69. The third-order valence-corrected chi connectivity index (χ3v) is 9.39. The van der Waals surface area contributed by atoms with Crippen molar-refractivity contribution in [2.24, 2.45) is 11.8 Å². The molecule has 1 amide bonds. The lowest BCUT2D eigenvalue weighted by Gasteiger charge is -2.55. The van der Waals surface area contributed by atoms with Crippen molar-refractivity contribution in [2.45, 2.75) is 89.3 Å². The zero-order chi connectivity index (χ0) is 23.0. The molecule has 1 aromatic rings. The van der Waals surface area contributed by atoms with Gasteiger partial charge in [0.1, 0.15) is 6.54 Å². The topological polar surface area (TPSA) is 69.6 Å². The van der Waals surface area contributed by atoms with Crippen LogP contribution < -0.4 is 10.2 Å². The number of aliphatic carboxylic acids is 1. The number of fused-ring (bicyclic) bond motifs is 3. The second-order valence-electron chi connectivity index (χ2n) is 11.2. The number of carboxylic acids is 1. The van der Waals surface area contributed by atoms with E-state index in [1.807, 2.05) is 29.2 Å². The number of para-hydroxylation sites is 2. The maximum Gasteiger partial charge on any atom is 0.322 e. The zero-order valence-electron chi connectivity index (χ0n) is 20.0. The molecule has 2 bridgehead atoms. The van der Waals surface area contributed by atoms with Gasteiger partial charge in [-0.05, 0) is 30.4 Å². The number of carbonyl (C=O) groups is 2. The minimum absolute atomic E-state index is 0.0507. The Kier molecular flexibility index (Phi) is 6.39. The summed E-state index contributed by atoms with van der Waals surface area (Å²) in [6.07, 6.45) is 13.4. The molecule has 0 spiro atoms. The van der Waals surface area contributed by atoms with Gasteiger partial charge in [-0.15, -0.1) is 0 Å². The first kappa shape index (κ1) is 22.7. The number of piperidine rings is 1. The fourth-order valence-corrected chi connectivity index (χ4v) is 8.15. The van der Waals surface area contributed by atoms with Crippen LogP contribution in [0.5, 0.6) is 0 Å². The summed E-state index contributed by atoms with van der Waals surface area (Å²) in [7, 11) is 0. The molecule has 6 heteroatoms. The number of carbonyl (C=O) groups excluding carboxylic acids is 1. The fourth-order valence-electron chi connectivity index (χ4n) is 8.15. The van der Waals surface area contributed by atoms with Gasteiger partial charge in [0, 0.05) is 51.5 Å². The summed E-state index contributed by atoms with van der Waals surface area (Å²) in [6.45, 7) is 4.02. The van der Waals surface area contributed by atoms with E-state index in [1.165, 1.54) is 68.9 Å². The molecule has 4 aliphatic rings. The van der Waals surface area contributed by atoms with Gasteiger partial charge in [-0.2, -0.15) is 0 Å². The summed E-state index contributed by atoms with van der Waals surface area (Å²) in [4.78, 5) is 26.0. The van der Waals surface area contributed by atoms with Crippen molar-refractivity contribution in [3.05, 3.63) is 24.3 Å². The SMILES string of the molecule is CC(=O)N(c1ccccc1NCC(=O)O)[C@H]1CC[N+]2(C3CC4CCCC(C4)C3)CCC[C@H]2C1. The van der Waals surface area contributed by atoms with Crippen molar-refractivity contribution in [1.29, 1.82) is 0 Å². The van der Waals surface area contributed by atoms with E-state index < -0.39 is 5.97 Å².